The van der Waals surface area contributed by atoms with Gasteiger partial charge in [-0.3, -0.25) is 0 Å². The molecule has 0 aromatic rings. The van der Waals surface area contributed by atoms with E-state index in [2.05, 4.69) is 18.4 Å². The first-order valence-corrected chi connectivity index (χ1v) is 21.5. The summed E-state index contributed by atoms with van der Waals surface area (Å²) in [4.78, 5) is 21.9. The third-order valence-corrected chi connectivity index (χ3v) is 9.10. The van der Waals surface area contributed by atoms with Crippen LogP contribution in [-0.4, -0.2) is 67.2 Å². The van der Waals surface area contributed by atoms with E-state index in [1.807, 2.05) is 0 Å². The maximum Gasteiger partial charge on any atom is 1.00 e. The Morgan fingerprint density at radius 2 is 0.800 bits per heavy atom. The summed E-state index contributed by atoms with van der Waals surface area (Å²) < 4.78 is 27.0. The minimum absolute atomic E-state index is 0. The molecule has 0 amide bonds. The van der Waals surface area contributed by atoms with E-state index < -0.39 is 20.0 Å². The fourth-order valence-electron chi connectivity index (χ4n) is 5.54. The van der Waals surface area contributed by atoms with Crippen molar-refractivity contribution in [2.24, 2.45) is 0 Å². The van der Waals surface area contributed by atoms with Crippen LogP contribution in [0.1, 0.15) is 194 Å². The number of ether oxygens (including phenoxy) is 2. The molecule has 0 saturated heterocycles. The van der Waals surface area contributed by atoms with Crippen LogP contribution >= 0.6 is 7.82 Å². The molecule has 0 aliphatic rings. The van der Waals surface area contributed by atoms with Crippen molar-refractivity contribution in [3.8, 4) is 0 Å². The molecule has 1 atom stereocenters. The third-order valence-electron chi connectivity index (χ3n) is 8.64. The Bertz CT molecular complexity index is 643. The average molecular weight is 757 g/mol. The number of aliphatic hydroxyl groups excluding tert-OH is 3. The Labute approximate surface area is 353 Å². The molecular weight excluding hydrogens is 677 g/mol. The quantitative estimate of drug-likeness (QED) is 0.0491. The van der Waals surface area contributed by atoms with Crippen molar-refractivity contribution in [1.82, 2.24) is 0 Å². The number of aliphatic hydroxyl groups is 3. The van der Waals surface area contributed by atoms with Crippen LogP contribution in [0.2, 0.25) is 0 Å². The number of phosphoric ester groups is 1. The molecule has 1 unspecified atom stereocenters. The van der Waals surface area contributed by atoms with E-state index >= 15 is 0 Å². The number of hydrogen-bond acceptors (Lipinski definition) is 9. The van der Waals surface area contributed by atoms with Gasteiger partial charge in [0, 0.05) is 13.2 Å². The van der Waals surface area contributed by atoms with Crippen LogP contribution in [0.25, 0.3) is 0 Å². The fourth-order valence-corrected chi connectivity index (χ4v) is 5.89. The van der Waals surface area contributed by atoms with Crippen LogP contribution in [-0.2, 0) is 18.6 Å². The summed E-state index contributed by atoms with van der Waals surface area (Å²) in [5.41, 5.74) is 0. The van der Waals surface area contributed by atoms with Gasteiger partial charge in [-0.2, -0.15) is 0 Å². The summed E-state index contributed by atoms with van der Waals surface area (Å²) in [5.74, 6) is 0. The van der Waals surface area contributed by atoms with Crippen molar-refractivity contribution in [2.75, 3.05) is 39.6 Å². The van der Waals surface area contributed by atoms with Gasteiger partial charge in [0.05, 0.1) is 34.3 Å². The normalized spacial score (nSPS) is 11.9. The maximum atomic E-state index is 10.9. The van der Waals surface area contributed by atoms with E-state index in [9.17, 15) is 14.4 Å². The maximum absolute atomic E-state index is 10.9. The molecule has 0 fully saturated rings. The van der Waals surface area contributed by atoms with Crippen LogP contribution in [0.15, 0.2) is 0 Å². The Morgan fingerprint density at radius 1 is 0.500 bits per heavy atom. The van der Waals surface area contributed by atoms with Crippen molar-refractivity contribution in [3.63, 3.8) is 0 Å². The monoisotopic (exact) mass is 757 g/mol. The van der Waals surface area contributed by atoms with Crippen molar-refractivity contribution >= 4 is 7.82 Å². The first-order valence-electron chi connectivity index (χ1n) is 20.1. The standard InChI is InChI=1S/C35H73O6P.C3H8O3.2Na/c1-3-5-7-9-11-13-15-17-19-21-23-25-27-29-31-39-33-35(34-41-42(36,37)38)40-32-30-28-26-24-22-20-18-16-14-12-10-8-6-4-2;4-1-3(6)2-5;;/h35H,3-34H2,1-2H3,(H2,36,37,38);3-6H,1-2H2;;/q;;2*+1/p-2. The van der Waals surface area contributed by atoms with Crippen LogP contribution in [0.4, 0.5) is 0 Å². The minimum atomic E-state index is -5.01. The van der Waals surface area contributed by atoms with Gasteiger partial charge < -0.3 is 43.7 Å². The second kappa shape index (κ2) is 48.9. The van der Waals surface area contributed by atoms with Gasteiger partial charge in [-0.15, -0.1) is 0 Å². The molecule has 3 N–H and O–H groups in total. The Kier molecular flexibility index (Phi) is 57.4. The number of hydrogen-bond donors (Lipinski definition) is 3. The van der Waals surface area contributed by atoms with Gasteiger partial charge in [0.1, 0.15) is 12.2 Å². The molecule has 9 nitrogen and oxygen atoms in total. The van der Waals surface area contributed by atoms with E-state index in [-0.39, 0.29) is 85.5 Å². The molecule has 0 rings (SSSR count). The van der Waals surface area contributed by atoms with Gasteiger partial charge in [0.15, 0.2) is 0 Å². The van der Waals surface area contributed by atoms with Gasteiger partial charge in [-0.1, -0.05) is 181 Å². The number of unbranched alkanes of at least 4 members (excludes halogenated alkanes) is 26. The Balaban J connectivity index is -0.00000120. The Morgan fingerprint density at radius 3 is 1.08 bits per heavy atom. The van der Waals surface area contributed by atoms with Gasteiger partial charge >= 0.3 is 59.1 Å². The van der Waals surface area contributed by atoms with Gasteiger partial charge in [-0.05, 0) is 12.8 Å². The molecule has 50 heavy (non-hydrogen) atoms. The largest absolute Gasteiger partial charge is 1.00 e. The summed E-state index contributed by atoms with van der Waals surface area (Å²) in [6, 6.07) is 0. The predicted molar refractivity (Wildman–Crippen MR) is 195 cm³/mol. The summed E-state index contributed by atoms with van der Waals surface area (Å²) >= 11 is 0. The zero-order valence-corrected chi connectivity index (χ0v) is 38.3. The van der Waals surface area contributed by atoms with Crippen LogP contribution in [0, 0.1) is 0 Å². The smallest absolute Gasteiger partial charge is 0.790 e. The molecule has 0 aromatic carbocycles. The fraction of sp³-hybridized carbons (Fsp3) is 1.00. The van der Waals surface area contributed by atoms with E-state index in [4.69, 9.17) is 24.8 Å². The predicted octanol–water partition coefficient (Wildman–Crippen LogP) is 2.54. The first-order chi connectivity index (χ1) is 23.3. The zero-order valence-electron chi connectivity index (χ0n) is 33.4. The summed E-state index contributed by atoms with van der Waals surface area (Å²) in [6.07, 6.45) is 35.2. The van der Waals surface area contributed by atoms with Crippen molar-refractivity contribution in [1.29, 1.82) is 0 Å². The van der Waals surface area contributed by atoms with E-state index in [0.717, 1.165) is 25.7 Å². The first kappa shape index (κ1) is 58.6. The molecular formula is C38H79Na2O9P. The van der Waals surface area contributed by atoms with Gasteiger partial charge in [0.2, 0.25) is 0 Å². The number of phosphoric acid groups is 1. The zero-order chi connectivity index (χ0) is 35.8. The third kappa shape index (κ3) is 54.3. The van der Waals surface area contributed by atoms with E-state index in [1.165, 1.54) is 154 Å². The van der Waals surface area contributed by atoms with E-state index in [0.29, 0.717) is 13.2 Å². The van der Waals surface area contributed by atoms with Crippen molar-refractivity contribution < 1.29 is 103 Å². The van der Waals surface area contributed by atoms with Crippen molar-refractivity contribution in [2.45, 2.75) is 206 Å². The molecule has 12 heteroatoms. The van der Waals surface area contributed by atoms with Crippen molar-refractivity contribution in [3.05, 3.63) is 0 Å². The Hall–Kier alpha value is 1.91. The molecule has 292 valence electrons. The second-order valence-electron chi connectivity index (χ2n) is 13.5. The molecule has 0 heterocycles. The van der Waals surface area contributed by atoms with Gasteiger partial charge in [-0.25, -0.2) is 0 Å². The molecule has 0 radical (unpaired) electrons. The summed E-state index contributed by atoms with van der Waals surface area (Å²) in [7, 11) is -5.01. The molecule has 0 aromatic heterocycles. The summed E-state index contributed by atoms with van der Waals surface area (Å²) in [6.45, 7) is 4.97. The second-order valence-corrected chi connectivity index (χ2v) is 14.7. The van der Waals surface area contributed by atoms with Crippen LogP contribution in [0.3, 0.4) is 0 Å². The minimum Gasteiger partial charge on any atom is -0.790 e. The van der Waals surface area contributed by atoms with Crippen LogP contribution in [0.5, 0.6) is 0 Å². The molecule has 0 aliphatic heterocycles. The average Bonchev–Trinajstić information content (AvgIpc) is 3.07. The molecule has 0 spiro atoms. The number of rotatable bonds is 38. The van der Waals surface area contributed by atoms with E-state index in [1.54, 1.807) is 0 Å². The van der Waals surface area contributed by atoms with Crippen LogP contribution < -0.4 is 68.9 Å². The SMILES string of the molecule is CCCCCCCCCCCCCCCCOCC(COP(=O)([O-])[O-])OCCCCCCCCCCCCCCCC.OCC(O)CO.[Na+].[Na+]. The topological polar surface area (TPSA) is 152 Å². The molecule has 0 aliphatic carbocycles. The van der Waals surface area contributed by atoms with Gasteiger partial charge in [0.25, 0.3) is 0 Å². The molecule has 0 bridgehead atoms. The summed E-state index contributed by atoms with van der Waals surface area (Å²) in [5, 5.41) is 24.0. The molecule has 0 saturated carbocycles.